The Kier molecular flexibility index (Phi) is 4.15. The van der Waals surface area contributed by atoms with Crippen LogP contribution >= 0.6 is 0 Å². The fourth-order valence-corrected chi connectivity index (χ4v) is 2.29. The molecule has 1 saturated carbocycles. The molecule has 0 spiro atoms. The van der Waals surface area contributed by atoms with Crippen molar-refractivity contribution in [2.45, 2.75) is 43.9 Å². The van der Waals surface area contributed by atoms with Crippen LogP contribution in [0.15, 0.2) is 0 Å². The molecule has 0 aromatic rings. The highest BCUT2D eigenvalue weighted by Crippen LogP contribution is 2.18. The van der Waals surface area contributed by atoms with Crippen LogP contribution in [0.1, 0.15) is 25.7 Å². The molecule has 1 amide bonds. The Bertz CT molecular complexity index is 241. The Balaban J connectivity index is 1.80. The van der Waals surface area contributed by atoms with Gasteiger partial charge in [0, 0.05) is 13.1 Å². The van der Waals surface area contributed by atoms with Gasteiger partial charge in [-0.3, -0.25) is 4.79 Å². The number of amides is 1. The molecule has 0 aromatic carbocycles. The number of morpholine rings is 1. The van der Waals surface area contributed by atoms with Gasteiger partial charge in [-0.05, 0) is 12.8 Å². The second-order valence-electron chi connectivity index (χ2n) is 4.53. The first-order valence-corrected chi connectivity index (χ1v) is 6.08. The van der Waals surface area contributed by atoms with Gasteiger partial charge in [-0.1, -0.05) is 12.8 Å². The largest absolute Gasteiger partial charge is 0.391 e. The lowest BCUT2D eigenvalue weighted by Gasteiger charge is -2.30. The van der Waals surface area contributed by atoms with Gasteiger partial charge >= 0.3 is 0 Å². The second-order valence-corrected chi connectivity index (χ2v) is 4.53. The molecule has 3 N–H and O–H groups in total. The van der Waals surface area contributed by atoms with Gasteiger partial charge in [0.15, 0.2) is 0 Å². The number of rotatable bonds is 2. The third kappa shape index (κ3) is 2.93. The molecule has 92 valence electrons. The summed E-state index contributed by atoms with van der Waals surface area (Å²) >= 11 is 0. The van der Waals surface area contributed by atoms with Crippen LogP contribution in [0.2, 0.25) is 0 Å². The van der Waals surface area contributed by atoms with Crippen LogP contribution in [0, 0.1) is 0 Å². The average Bonchev–Trinajstić information content (AvgIpc) is 2.33. The van der Waals surface area contributed by atoms with E-state index in [1.807, 2.05) is 0 Å². The van der Waals surface area contributed by atoms with Gasteiger partial charge in [0.25, 0.3) is 5.91 Å². The molecule has 16 heavy (non-hydrogen) atoms. The van der Waals surface area contributed by atoms with Gasteiger partial charge in [-0.15, -0.1) is 0 Å². The van der Waals surface area contributed by atoms with E-state index in [2.05, 4.69) is 10.6 Å². The molecule has 0 aromatic heterocycles. The van der Waals surface area contributed by atoms with E-state index in [-0.39, 0.29) is 11.9 Å². The second kappa shape index (κ2) is 5.61. The third-order valence-corrected chi connectivity index (χ3v) is 3.28. The monoisotopic (exact) mass is 228 g/mol. The number of aliphatic hydroxyl groups is 1. The number of hydrogen-bond acceptors (Lipinski definition) is 4. The lowest BCUT2D eigenvalue weighted by atomic mass is 9.92. The first kappa shape index (κ1) is 11.8. The van der Waals surface area contributed by atoms with Crippen LogP contribution < -0.4 is 10.6 Å². The van der Waals surface area contributed by atoms with E-state index in [0.717, 1.165) is 32.2 Å². The van der Waals surface area contributed by atoms with Gasteiger partial charge in [-0.25, -0.2) is 0 Å². The van der Waals surface area contributed by atoms with Crippen LogP contribution in [-0.4, -0.2) is 49.0 Å². The lowest BCUT2D eigenvalue weighted by Crippen LogP contribution is -2.53. The molecular weight excluding hydrogens is 208 g/mol. The summed E-state index contributed by atoms with van der Waals surface area (Å²) in [6.45, 7) is 1.94. The number of nitrogens with one attached hydrogen (secondary N) is 2. The minimum atomic E-state index is -0.400. The molecule has 0 bridgehead atoms. The van der Waals surface area contributed by atoms with Crippen molar-refractivity contribution in [3.8, 4) is 0 Å². The maximum absolute atomic E-state index is 11.8. The predicted octanol–water partition coefficient (Wildman–Crippen LogP) is -0.605. The highest BCUT2D eigenvalue weighted by atomic mass is 16.5. The van der Waals surface area contributed by atoms with Crippen LogP contribution in [0.25, 0.3) is 0 Å². The van der Waals surface area contributed by atoms with Crippen molar-refractivity contribution in [2.24, 2.45) is 0 Å². The molecule has 2 fully saturated rings. The molecule has 3 unspecified atom stereocenters. The van der Waals surface area contributed by atoms with Crippen LogP contribution in [0.5, 0.6) is 0 Å². The molecule has 2 rings (SSSR count). The Hall–Kier alpha value is -0.650. The van der Waals surface area contributed by atoms with Crippen molar-refractivity contribution in [3.63, 3.8) is 0 Å². The summed E-state index contributed by atoms with van der Waals surface area (Å²) in [4.78, 5) is 11.8. The van der Waals surface area contributed by atoms with Gasteiger partial charge < -0.3 is 20.5 Å². The minimum Gasteiger partial charge on any atom is -0.391 e. The highest BCUT2D eigenvalue weighted by Gasteiger charge is 2.28. The van der Waals surface area contributed by atoms with E-state index in [9.17, 15) is 9.90 Å². The molecule has 1 aliphatic heterocycles. The molecule has 5 nitrogen and oxygen atoms in total. The zero-order valence-electron chi connectivity index (χ0n) is 9.45. The summed E-state index contributed by atoms with van der Waals surface area (Å²) in [7, 11) is 0. The summed E-state index contributed by atoms with van der Waals surface area (Å²) in [6, 6.07) is -0.0909. The quantitative estimate of drug-likeness (QED) is 0.590. The maximum Gasteiger partial charge on any atom is 0.250 e. The summed E-state index contributed by atoms with van der Waals surface area (Å²) in [5.74, 6) is -0.0989. The van der Waals surface area contributed by atoms with Crippen LogP contribution in [0.4, 0.5) is 0 Å². The van der Waals surface area contributed by atoms with E-state index in [1.165, 1.54) is 0 Å². The summed E-state index contributed by atoms with van der Waals surface area (Å²) in [5, 5.41) is 15.7. The van der Waals surface area contributed by atoms with Crippen molar-refractivity contribution in [3.05, 3.63) is 0 Å². The van der Waals surface area contributed by atoms with E-state index < -0.39 is 12.2 Å². The third-order valence-electron chi connectivity index (χ3n) is 3.28. The molecule has 3 atom stereocenters. The van der Waals surface area contributed by atoms with Crippen molar-refractivity contribution in [1.29, 1.82) is 0 Å². The number of carbonyl (C=O) groups is 1. The fourth-order valence-electron chi connectivity index (χ4n) is 2.29. The number of aliphatic hydroxyl groups excluding tert-OH is 1. The Labute approximate surface area is 95.5 Å². The smallest absolute Gasteiger partial charge is 0.250 e. The normalized spacial score (nSPS) is 35.7. The van der Waals surface area contributed by atoms with Gasteiger partial charge in [0.1, 0.15) is 6.10 Å². The highest BCUT2D eigenvalue weighted by molar-refractivity contribution is 5.81. The Morgan fingerprint density at radius 2 is 2.19 bits per heavy atom. The first-order valence-electron chi connectivity index (χ1n) is 6.08. The van der Waals surface area contributed by atoms with Gasteiger partial charge in [0.2, 0.25) is 0 Å². The molecule has 1 aliphatic carbocycles. The molecule has 1 heterocycles. The van der Waals surface area contributed by atoms with E-state index in [4.69, 9.17) is 4.74 Å². The minimum absolute atomic E-state index is 0.0909. The molecule has 1 saturated heterocycles. The van der Waals surface area contributed by atoms with Crippen molar-refractivity contribution < 1.29 is 14.6 Å². The topological polar surface area (TPSA) is 70.6 Å². The Morgan fingerprint density at radius 3 is 2.88 bits per heavy atom. The van der Waals surface area contributed by atoms with E-state index in [0.29, 0.717) is 13.2 Å². The Morgan fingerprint density at radius 1 is 1.38 bits per heavy atom. The zero-order chi connectivity index (χ0) is 11.4. The average molecular weight is 228 g/mol. The number of hydrogen-bond donors (Lipinski definition) is 3. The first-order chi connectivity index (χ1) is 7.77. The SMILES string of the molecule is O=C(NC1CCCCC1O)C1CNCCO1. The van der Waals surface area contributed by atoms with E-state index in [1.54, 1.807) is 0 Å². The number of ether oxygens (including phenoxy) is 1. The van der Waals surface area contributed by atoms with E-state index >= 15 is 0 Å². The maximum atomic E-state index is 11.8. The standard InChI is InChI=1S/C11H20N2O3/c14-9-4-2-1-3-8(9)13-11(15)10-7-12-5-6-16-10/h8-10,12,14H,1-7H2,(H,13,15). The zero-order valence-corrected chi connectivity index (χ0v) is 9.45. The predicted molar refractivity (Wildman–Crippen MR) is 59.0 cm³/mol. The van der Waals surface area contributed by atoms with Crippen LogP contribution in [-0.2, 0) is 9.53 Å². The lowest BCUT2D eigenvalue weighted by molar-refractivity contribution is -0.136. The van der Waals surface area contributed by atoms with Crippen molar-refractivity contribution >= 4 is 5.91 Å². The summed E-state index contributed by atoms with van der Waals surface area (Å²) in [5.41, 5.74) is 0. The summed E-state index contributed by atoms with van der Waals surface area (Å²) in [6.07, 6.45) is 2.99. The van der Waals surface area contributed by atoms with Gasteiger partial charge in [0.05, 0.1) is 18.8 Å². The number of carbonyl (C=O) groups excluding carboxylic acids is 1. The van der Waals surface area contributed by atoms with Crippen molar-refractivity contribution in [1.82, 2.24) is 10.6 Å². The fraction of sp³-hybridized carbons (Fsp3) is 0.909. The molecule has 5 heteroatoms. The molecule has 0 radical (unpaired) electrons. The summed E-state index contributed by atoms with van der Waals surface area (Å²) < 4.78 is 5.36. The van der Waals surface area contributed by atoms with Crippen LogP contribution in [0.3, 0.4) is 0 Å². The molecular formula is C11H20N2O3. The molecule has 2 aliphatic rings. The van der Waals surface area contributed by atoms with Crippen molar-refractivity contribution in [2.75, 3.05) is 19.7 Å². The van der Waals surface area contributed by atoms with Gasteiger partial charge in [-0.2, -0.15) is 0 Å².